The standard InChI is InChI=1S/C31H41BrN9O3P/c1-6-44-22-11-14-40(18-22)21-9-12-39(13-10-21)26-16-27(43-3)25(15-20(26)2)37-31-33-17-23(32)29(38-31)36-24-7-8-28-34-19-35-41(28)30(24)45(4,5)42/h7-8,15-17,19,21-22H,6,9-14,18H2,1-5H3,(H2,33,36,37,38)/t22-/m0/s1. The topological polar surface area (TPSA) is 122 Å². The Balaban J connectivity index is 1.18. The highest BCUT2D eigenvalue weighted by atomic mass is 79.9. The molecule has 0 aliphatic carbocycles. The van der Waals surface area contributed by atoms with Gasteiger partial charge < -0.3 is 29.6 Å². The molecular formula is C31H41BrN9O3P. The molecule has 2 fully saturated rings. The molecule has 240 valence electrons. The molecule has 0 bridgehead atoms. The molecule has 45 heavy (non-hydrogen) atoms. The smallest absolute Gasteiger partial charge is 0.229 e. The van der Waals surface area contributed by atoms with Crippen LogP contribution in [-0.4, -0.2) is 94.8 Å². The highest BCUT2D eigenvalue weighted by Gasteiger charge is 2.31. The lowest BCUT2D eigenvalue weighted by Gasteiger charge is -2.38. The number of anilines is 5. The first-order valence-electron chi connectivity index (χ1n) is 15.4. The number of fused-ring (bicyclic) bond motifs is 1. The maximum Gasteiger partial charge on any atom is 0.229 e. The predicted octanol–water partition coefficient (Wildman–Crippen LogP) is 5.41. The van der Waals surface area contributed by atoms with E-state index in [2.05, 4.69) is 77.4 Å². The van der Waals surface area contributed by atoms with Crippen LogP contribution in [0.3, 0.4) is 0 Å². The Hall–Kier alpha value is -3.25. The third-order valence-corrected chi connectivity index (χ3v) is 10.6. The Morgan fingerprint density at radius 3 is 2.60 bits per heavy atom. The van der Waals surface area contributed by atoms with Crippen LogP contribution in [0.1, 0.15) is 31.7 Å². The molecule has 2 aliphatic heterocycles. The molecule has 0 amide bonds. The van der Waals surface area contributed by atoms with E-state index < -0.39 is 7.14 Å². The molecule has 2 N–H and O–H groups in total. The lowest BCUT2D eigenvalue weighted by atomic mass is 10.0. The number of aryl methyl sites for hydroxylation is 1. The van der Waals surface area contributed by atoms with Gasteiger partial charge in [0.15, 0.2) is 5.65 Å². The van der Waals surface area contributed by atoms with E-state index in [4.69, 9.17) is 14.5 Å². The number of hydrogen-bond donors (Lipinski definition) is 2. The summed E-state index contributed by atoms with van der Waals surface area (Å²) in [5, 5.41) is 11.0. The van der Waals surface area contributed by atoms with E-state index in [1.165, 1.54) is 12.0 Å². The molecule has 5 heterocycles. The van der Waals surface area contributed by atoms with E-state index >= 15 is 0 Å². The van der Waals surface area contributed by atoms with Crippen LogP contribution in [0, 0.1) is 6.92 Å². The fourth-order valence-electron chi connectivity index (χ4n) is 6.47. The number of rotatable bonds is 10. The van der Waals surface area contributed by atoms with Crippen LogP contribution < -0.4 is 25.7 Å². The van der Waals surface area contributed by atoms with Crippen molar-refractivity contribution in [2.24, 2.45) is 0 Å². The van der Waals surface area contributed by atoms with Crippen molar-refractivity contribution in [1.29, 1.82) is 0 Å². The van der Waals surface area contributed by atoms with E-state index in [0.29, 0.717) is 45.2 Å². The number of likely N-dealkylation sites (tertiary alicyclic amines) is 1. The first kappa shape index (κ1) is 31.7. The minimum Gasteiger partial charge on any atom is -0.494 e. The number of piperidine rings is 1. The number of ether oxygens (including phenoxy) is 2. The van der Waals surface area contributed by atoms with Gasteiger partial charge in [-0.05, 0) is 86.1 Å². The van der Waals surface area contributed by atoms with Crippen LogP contribution >= 0.6 is 23.1 Å². The number of nitrogens with one attached hydrogen (secondary N) is 2. The summed E-state index contributed by atoms with van der Waals surface area (Å²) in [5.74, 6) is 1.62. The number of hydrogen-bond acceptors (Lipinski definition) is 11. The van der Waals surface area contributed by atoms with Gasteiger partial charge in [0.05, 0.1) is 29.1 Å². The van der Waals surface area contributed by atoms with Crippen molar-refractivity contribution < 1.29 is 14.0 Å². The summed E-state index contributed by atoms with van der Waals surface area (Å²) in [4.78, 5) is 18.6. The average molecular weight is 699 g/mol. The van der Waals surface area contributed by atoms with Crippen LogP contribution in [0.2, 0.25) is 0 Å². The second kappa shape index (κ2) is 13.2. The van der Waals surface area contributed by atoms with Crippen molar-refractivity contribution >= 4 is 63.0 Å². The Morgan fingerprint density at radius 1 is 1.07 bits per heavy atom. The fraction of sp³-hybridized carbons (Fsp3) is 0.484. The number of pyridine rings is 1. The molecule has 2 aliphatic rings. The van der Waals surface area contributed by atoms with E-state index in [1.807, 2.05) is 12.1 Å². The van der Waals surface area contributed by atoms with Crippen molar-refractivity contribution in [1.82, 2.24) is 29.5 Å². The summed E-state index contributed by atoms with van der Waals surface area (Å²) in [6.07, 6.45) is 6.93. The Kier molecular flexibility index (Phi) is 9.33. The van der Waals surface area contributed by atoms with Crippen molar-refractivity contribution in [3.05, 3.63) is 46.8 Å². The van der Waals surface area contributed by atoms with Gasteiger partial charge in [0.25, 0.3) is 0 Å². The molecule has 0 radical (unpaired) electrons. The monoisotopic (exact) mass is 697 g/mol. The van der Waals surface area contributed by atoms with Crippen molar-refractivity contribution in [2.75, 3.05) is 68.8 Å². The van der Waals surface area contributed by atoms with Gasteiger partial charge in [0, 0.05) is 56.8 Å². The number of nitrogens with zero attached hydrogens (tertiary/aromatic N) is 7. The van der Waals surface area contributed by atoms with E-state index in [1.54, 1.807) is 31.2 Å². The molecule has 0 saturated carbocycles. The SMILES string of the molecule is CCO[C@H]1CCN(C2CCN(c3cc(OC)c(Nc4ncc(Br)c(Nc5ccc6ncnn6c5P(C)(C)=O)n4)cc3C)CC2)C1. The Bertz CT molecular complexity index is 1720. The first-order valence-corrected chi connectivity index (χ1v) is 18.8. The third kappa shape index (κ3) is 6.82. The molecule has 3 aromatic heterocycles. The predicted molar refractivity (Wildman–Crippen MR) is 183 cm³/mol. The van der Waals surface area contributed by atoms with Crippen LogP contribution in [0.15, 0.2) is 41.3 Å². The van der Waals surface area contributed by atoms with Gasteiger partial charge in [0.2, 0.25) is 5.95 Å². The maximum atomic E-state index is 13.3. The average Bonchev–Trinajstić information content (AvgIpc) is 3.68. The summed E-state index contributed by atoms with van der Waals surface area (Å²) < 4.78 is 27.3. The maximum absolute atomic E-state index is 13.3. The lowest BCUT2D eigenvalue weighted by Crippen LogP contribution is -2.44. The second-order valence-electron chi connectivity index (χ2n) is 12.0. The van der Waals surface area contributed by atoms with Gasteiger partial charge >= 0.3 is 0 Å². The lowest BCUT2D eigenvalue weighted by molar-refractivity contribution is 0.0626. The first-order chi connectivity index (χ1) is 21.6. The Labute approximate surface area is 272 Å². The number of methoxy groups -OCH3 is 1. The summed E-state index contributed by atoms with van der Waals surface area (Å²) in [6.45, 7) is 12.6. The summed E-state index contributed by atoms with van der Waals surface area (Å²) in [7, 11) is -1.06. The van der Waals surface area contributed by atoms with Gasteiger partial charge in [-0.15, -0.1) is 0 Å². The molecule has 6 rings (SSSR count). The molecule has 2 saturated heterocycles. The summed E-state index contributed by atoms with van der Waals surface area (Å²) in [6, 6.07) is 8.48. The molecule has 0 unspecified atom stereocenters. The van der Waals surface area contributed by atoms with Crippen molar-refractivity contribution in [3.8, 4) is 5.75 Å². The molecule has 1 atom stereocenters. The van der Waals surface area contributed by atoms with Crippen molar-refractivity contribution in [2.45, 2.75) is 45.3 Å². The zero-order valence-electron chi connectivity index (χ0n) is 26.5. The normalized spacial score (nSPS) is 18.1. The largest absolute Gasteiger partial charge is 0.494 e. The quantitative estimate of drug-likeness (QED) is 0.207. The summed E-state index contributed by atoms with van der Waals surface area (Å²) in [5.41, 5.74) is 4.93. The van der Waals surface area contributed by atoms with Gasteiger partial charge in [-0.2, -0.15) is 10.1 Å². The second-order valence-corrected chi connectivity index (χ2v) is 16.0. The minimum atomic E-state index is -2.74. The van der Waals surface area contributed by atoms with Gasteiger partial charge in [0.1, 0.15) is 30.5 Å². The van der Waals surface area contributed by atoms with Crippen LogP contribution in [0.25, 0.3) is 5.65 Å². The molecule has 4 aromatic rings. The highest BCUT2D eigenvalue weighted by molar-refractivity contribution is 9.10. The minimum absolute atomic E-state index is 0.383. The van der Waals surface area contributed by atoms with Crippen LogP contribution in [0.5, 0.6) is 5.75 Å². The van der Waals surface area contributed by atoms with Crippen molar-refractivity contribution in [3.63, 3.8) is 0 Å². The van der Waals surface area contributed by atoms with Crippen LogP contribution in [0.4, 0.5) is 28.8 Å². The van der Waals surface area contributed by atoms with E-state index in [0.717, 1.165) is 69.0 Å². The van der Waals surface area contributed by atoms with Gasteiger partial charge in [-0.25, -0.2) is 14.5 Å². The number of benzene rings is 1. The molecule has 1 aromatic carbocycles. The van der Waals surface area contributed by atoms with Gasteiger partial charge in [-0.3, -0.25) is 4.90 Å². The van der Waals surface area contributed by atoms with E-state index in [9.17, 15) is 4.57 Å². The number of aromatic nitrogens is 5. The zero-order chi connectivity index (χ0) is 31.7. The van der Waals surface area contributed by atoms with E-state index in [-0.39, 0.29) is 0 Å². The highest BCUT2D eigenvalue weighted by Crippen LogP contribution is 2.40. The molecule has 0 spiro atoms. The Morgan fingerprint density at radius 2 is 1.87 bits per heavy atom. The zero-order valence-corrected chi connectivity index (χ0v) is 28.9. The summed E-state index contributed by atoms with van der Waals surface area (Å²) >= 11 is 3.56. The van der Waals surface area contributed by atoms with Gasteiger partial charge in [-0.1, -0.05) is 0 Å². The molecular weight excluding hydrogens is 657 g/mol. The molecule has 12 nitrogen and oxygen atoms in total. The molecule has 14 heteroatoms. The van der Waals surface area contributed by atoms with Crippen LogP contribution in [-0.2, 0) is 9.30 Å². The fourth-order valence-corrected chi connectivity index (χ4v) is 8.08. The number of halogens is 1. The third-order valence-electron chi connectivity index (χ3n) is 8.59.